The summed E-state index contributed by atoms with van der Waals surface area (Å²) in [5.41, 5.74) is 6.03. The molecule has 0 bridgehead atoms. The van der Waals surface area contributed by atoms with E-state index >= 15 is 0 Å². The summed E-state index contributed by atoms with van der Waals surface area (Å²) in [5.74, 6) is 0.941. The van der Waals surface area contributed by atoms with Crippen LogP contribution in [0.5, 0.6) is 11.6 Å². The third-order valence-corrected chi connectivity index (χ3v) is 3.06. The lowest BCUT2D eigenvalue weighted by Crippen LogP contribution is -1.97. The molecule has 5 heteroatoms. The molecule has 0 aliphatic carbocycles. The molecule has 2 N–H and O–H groups in total. The third-order valence-electron chi connectivity index (χ3n) is 2.75. The number of fused-ring (bicyclic) bond motifs is 1. The van der Waals surface area contributed by atoms with Gasteiger partial charge >= 0.3 is 0 Å². The highest BCUT2D eigenvalue weighted by Gasteiger charge is 2.10. The summed E-state index contributed by atoms with van der Waals surface area (Å²) in [6.45, 7) is 0. The highest BCUT2D eigenvalue weighted by atomic mass is 35.5. The summed E-state index contributed by atoms with van der Waals surface area (Å²) < 4.78 is 5.74. The zero-order valence-electron chi connectivity index (χ0n) is 9.88. The van der Waals surface area contributed by atoms with Crippen molar-refractivity contribution in [2.45, 2.75) is 0 Å². The molecule has 4 nitrogen and oxygen atoms in total. The van der Waals surface area contributed by atoms with Gasteiger partial charge in [0.2, 0.25) is 5.88 Å². The van der Waals surface area contributed by atoms with Crippen LogP contribution in [-0.4, -0.2) is 9.97 Å². The van der Waals surface area contributed by atoms with Gasteiger partial charge in [-0.3, -0.25) is 0 Å². The molecule has 1 aromatic heterocycles. The van der Waals surface area contributed by atoms with Gasteiger partial charge in [0, 0.05) is 5.39 Å². The largest absolute Gasteiger partial charge is 0.436 e. The Kier molecular flexibility index (Phi) is 2.93. The number of nitrogen functional groups attached to an aromatic ring is 1. The maximum atomic E-state index is 5.84. The molecular weight excluding hydrogens is 262 g/mol. The van der Waals surface area contributed by atoms with Crippen molar-refractivity contribution in [1.29, 1.82) is 0 Å². The van der Waals surface area contributed by atoms with Crippen LogP contribution in [0, 0.1) is 0 Å². The van der Waals surface area contributed by atoms with Crippen molar-refractivity contribution in [3.05, 3.63) is 53.9 Å². The zero-order valence-corrected chi connectivity index (χ0v) is 10.6. The van der Waals surface area contributed by atoms with Crippen molar-refractivity contribution in [3.8, 4) is 11.6 Å². The standard InChI is InChI=1S/C14H10ClN3O/c15-13-12(16)14(18-8-17-13)19-11-7-3-5-9-4-1-2-6-10(9)11/h1-8H,16H2. The highest BCUT2D eigenvalue weighted by Crippen LogP contribution is 2.33. The predicted octanol–water partition coefficient (Wildman–Crippen LogP) is 3.66. The molecule has 0 aliphatic heterocycles. The summed E-state index contributed by atoms with van der Waals surface area (Å²) in [6.07, 6.45) is 1.32. The first-order valence-corrected chi connectivity index (χ1v) is 6.05. The summed E-state index contributed by atoms with van der Waals surface area (Å²) in [6, 6.07) is 13.7. The van der Waals surface area contributed by atoms with Crippen molar-refractivity contribution in [3.63, 3.8) is 0 Å². The number of rotatable bonds is 2. The normalized spacial score (nSPS) is 10.6. The van der Waals surface area contributed by atoms with Gasteiger partial charge < -0.3 is 10.5 Å². The van der Waals surface area contributed by atoms with Gasteiger partial charge in [-0.15, -0.1) is 0 Å². The lowest BCUT2D eigenvalue weighted by molar-refractivity contribution is 0.469. The third kappa shape index (κ3) is 2.18. The number of halogens is 1. The maximum absolute atomic E-state index is 5.84. The topological polar surface area (TPSA) is 61.0 Å². The molecular formula is C14H10ClN3O. The molecule has 19 heavy (non-hydrogen) atoms. The van der Waals surface area contributed by atoms with E-state index in [2.05, 4.69) is 9.97 Å². The van der Waals surface area contributed by atoms with Crippen LogP contribution >= 0.6 is 11.6 Å². The molecule has 2 aromatic carbocycles. The smallest absolute Gasteiger partial charge is 0.247 e. The molecule has 3 rings (SSSR count). The van der Waals surface area contributed by atoms with Crippen molar-refractivity contribution < 1.29 is 4.74 Å². The minimum Gasteiger partial charge on any atom is -0.436 e. The molecule has 94 valence electrons. The first-order valence-electron chi connectivity index (χ1n) is 5.67. The van der Waals surface area contributed by atoms with Crippen LogP contribution in [0.3, 0.4) is 0 Å². The fourth-order valence-corrected chi connectivity index (χ4v) is 1.95. The number of nitrogens with two attached hydrogens (primary N) is 1. The van der Waals surface area contributed by atoms with E-state index in [9.17, 15) is 0 Å². The van der Waals surface area contributed by atoms with Gasteiger partial charge in [0.1, 0.15) is 17.8 Å². The predicted molar refractivity (Wildman–Crippen MR) is 75.5 cm³/mol. The Hall–Kier alpha value is -2.33. The number of benzene rings is 2. The number of anilines is 1. The van der Waals surface area contributed by atoms with Crippen LogP contribution in [0.1, 0.15) is 0 Å². The SMILES string of the molecule is Nc1c(Cl)ncnc1Oc1cccc2ccccc12. The second-order valence-corrected chi connectivity index (χ2v) is 4.32. The fourth-order valence-electron chi connectivity index (χ4n) is 1.83. The van der Waals surface area contributed by atoms with Crippen LogP contribution in [-0.2, 0) is 0 Å². The Morgan fingerprint density at radius 1 is 1.00 bits per heavy atom. The van der Waals surface area contributed by atoms with E-state index in [1.807, 2.05) is 42.5 Å². The number of hydrogen-bond acceptors (Lipinski definition) is 4. The Morgan fingerprint density at radius 2 is 1.79 bits per heavy atom. The number of nitrogens with zero attached hydrogens (tertiary/aromatic N) is 2. The van der Waals surface area contributed by atoms with Gasteiger partial charge in [-0.1, -0.05) is 48.0 Å². The van der Waals surface area contributed by atoms with Crippen LogP contribution in [0.4, 0.5) is 5.69 Å². The van der Waals surface area contributed by atoms with E-state index < -0.39 is 0 Å². The van der Waals surface area contributed by atoms with Crippen LogP contribution < -0.4 is 10.5 Å². The van der Waals surface area contributed by atoms with Crippen molar-refractivity contribution >= 4 is 28.1 Å². The first-order chi connectivity index (χ1) is 9.25. The number of ether oxygens (including phenoxy) is 1. The average molecular weight is 272 g/mol. The number of hydrogen-bond donors (Lipinski definition) is 1. The van der Waals surface area contributed by atoms with Gasteiger partial charge in [-0.2, -0.15) is 4.98 Å². The second kappa shape index (κ2) is 4.74. The fraction of sp³-hybridized carbons (Fsp3) is 0. The Labute approximate surface area is 114 Å². The van der Waals surface area contributed by atoms with Gasteiger partial charge in [0.05, 0.1) is 0 Å². The highest BCUT2D eigenvalue weighted by molar-refractivity contribution is 6.32. The lowest BCUT2D eigenvalue weighted by Gasteiger charge is -2.09. The monoisotopic (exact) mass is 271 g/mol. The molecule has 0 atom stereocenters. The molecule has 0 spiro atoms. The van der Waals surface area contributed by atoms with E-state index in [0.29, 0.717) is 5.75 Å². The van der Waals surface area contributed by atoms with Crippen molar-refractivity contribution in [2.75, 3.05) is 5.73 Å². The van der Waals surface area contributed by atoms with E-state index in [1.54, 1.807) is 0 Å². The van der Waals surface area contributed by atoms with E-state index in [0.717, 1.165) is 10.8 Å². The van der Waals surface area contributed by atoms with Crippen molar-refractivity contribution in [2.24, 2.45) is 0 Å². The Bertz CT molecular complexity index is 740. The molecule has 0 aliphatic rings. The van der Waals surface area contributed by atoms with E-state index in [4.69, 9.17) is 22.1 Å². The Morgan fingerprint density at radius 3 is 2.68 bits per heavy atom. The number of aromatic nitrogens is 2. The van der Waals surface area contributed by atoms with Gasteiger partial charge in [-0.05, 0) is 11.5 Å². The summed E-state index contributed by atoms with van der Waals surface area (Å²) in [7, 11) is 0. The molecule has 0 radical (unpaired) electrons. The zero-order chi connectivity index (χ0) is 13.2. The lowest BCUT2D eigenvalue weighted by atomic mass is 10.1. The van der Waals surface area contributed by atoms with E-state index in [1.165, 1.54) is 6.33 Å². The van der Waals surface area contributed by atoms with Crippen molar-refractivity contribution in [1.82, 2.24) is 9.97 Å². The minimum atomic E-state index is 0.185. The van der Waals surface area contributed by atoms with Gasteiger partial charge in [0.25, 0.3) is 0 Å². The Balaban J connectivity index is 2.09. The van der Waals surface area contributed by atoms with Crippen LogP contribution in [0.15, 0.2) is 48.8 Å². The summed E-state index contributed by atoms with van der Waals surface area (Å²) in [4.78, 5) is 7.79. The van der Waals surface area contributed by atoms with E-state index in [-0.39, 0.29) is 16.7 Å². The van der Waals surface area contributed by atoms with Gasteiger partial charge in [-0.25, -0.2) is 4.98 Å². The van der Waals surface area contributed by atoms with Crippen LogP contribution in [0.25, 0.3) is 10.8 Å². The molecule has 1 heterocycles. The van der Waals surface area contributed by atoms with Crippen LogP contribution in [0.2, 0.25) is 5.15 Å². The molecule has 0 amide bonds. The average Bonchev–Trinajstić information content (AvgIpc) is 2.44. The summed E-state index contributed by atoms with van der Waals surface area (Å²) >= 11 is 5.84. The summed E-state index contributed by atoms with van der Waals surface area (Å²) in [5, 5.41) is 2.25. The molecule has 3 aromatic rings. The van der Waals surface area contributed by atoms with Gasteiger partial charge in [0.15, 0.2) is 5.15 Å². The molecule has 0 unspecified atom stereocenters. The molecule has 0 fully saturated rings. The molecule has 0 saturated heterocycles. The minimum absolute atomic E-state index is 0.185. The first kappa shape index (κ1) is 11.7. The quantitative estimate of drug-likeness (QED) is 0.723. The maximum Gasteiger partial charge on any atom is 0.247 e. The second-order valence-electron chi connectivity index (χ2n) is 3.96. The molecule has 0 saturated carbocycles.